The van der Waals surface area contributed by atoms with Crippen LogP contribution in [0.1, 0.15) is 26.3 Å². The fourth-order valence-electron chi connectivity index (χ4n) is 5.43. The van der Waals surface area contributed by atoms with Gasteiger partial charge < -0.3 is 33.3 Å². The normalized spacial score (nSPS) is 14.1. The minimum absolute atomic E-state index is 0.0648. The molecule has 0 radical (unpaired) electrons. The zero-order valence-corrected chi connectivity index (χ0v) is 25.1. The van der Waals surface area contributed by atoms with E-state index in [1.54, 1.807) is 29.2 Å². The Balaban J connectivity index is 1.64. The van der Waals surface area contributed by atoms with Crippen LogP contribution >= 0.6 is 0 Å². The summed E-state index contributed by atoms with van der Waals surface area (Å²) in [6.45, 7) is 2.24. The molecule has 0 atom stereocenters. The van der Waals surface area contributed by atoms with Crippen LogP contribution in [0.3, 0.4) is 0 Å². The van der Waals surface area contributed by atoms with Gasteiger partial charge in [0.25, 0.3) is 5.91 Å². The second-order valence-corrected chi connectivity index (χ2v) is 9.98. The molecule has 2 amide bonds. The smallest absolute Gasteiger partial charge is 0.346 e. The Morgan fingerprint density at radius 1 is 0.667 bits per heavy atom. The molecule has 1 saturated heterocycles. The molecule has 4 rings (SSSR count). The van der Waals surface area contributed by atoms with Gasteiger partial charge in [-0.1, -0.05) is 30.3 Å². The van der Waals surface area contributed by atoms with Gasteiger partial charge in [-0.05, 0) is 17.7 Å². The van der Waals surface area contributed by atoms with E-state index in [4.69, 9.17) is 28.4 Å². The first-order chi connectivity index (χ1) is 20.3. The molecule has 42 heavy (non-hydrogen) atoms. The van der Waals surface area contributed by atoms with E-state index >= 15 is 0 Å². The second-order valence-electron chi connectivity index (χ2n) is 9.98. The van der Waals surface area contributed by atoms with Crippen LogP contribution in [0.15, 0.2) is 54.6 Å². The minimum atomic E-state index is -0.171. The van der Waals surface area contributed by atoms with Crippen molar-refractivity contribution in [2.24, 2.45) is 0 Å². The molecule has 224 valence electrons. The quantitative estimate of drug-likeness (QED) is 0.314. The highest BCUT2D eigenvalue weighted by Crippen LogP contribution is 2.40. The van der Waals surface area contributed by atoms with E-state index < -0.39 is 0 Å². The molecule has 3 aromatic rings. The molecule has 10 heteroatoms. The predicted molar refractivity (Wildman–Crippen MR) is 157 cm³/mol. The van der Waals surface area contributed by atoms with Crippen LogP contribution < -0.4 is 28.4 Å². The summed E-state index contributed by atoms with van der Waals surface area (Å²) in [6, 6.07) is 16.8. The lowest BCUT2D eigenvalue weighted by Crippen LogP contribution is -2.63. The van der Waals surface area contributed by atoms with Gasteiger partial charge in [0.2, 0.25) is 11.5 Å². The highest BCUT2D eigenvalue weighted by atomic mass is 16.5. The molecule has 0 unspecified atom stereocenters. The van der Waals surface area contributed by atoms with Crippen molar-refractivity contribution in [3.8, 4) is 34.5 Å². The Kier molecular flexibility index (Phi) is 9.80. The van der Waals surface area contributed by atoms with Crippen LogP contribution in [0, 0.1) is 0 Å². The molecule has 1 fully saturated rings. The van der Waals surface area contributed by atoms with Gasteiger partial charge in [-0.25, -0.2) is 4.79 Å². The number of ether oxygens (including phenoxy) is 6. The van der Waals surface area contributed by atoms with Crippen LogP contribution in [-0.2, 0) is 6.42 Å². The Morgan fingerprint density at radius 2 is 1.12 bits per heavy atom. The van der Waals surface area contributed by atoms with Crippen molar-refractivity contribution in [1.29, 1.82) is 0 Å². The number of carbonyl (C=O) groups excluding carboxylic acids is 2. The summed E-state index contributed by atoms with van der Waals surface area (Å²) in [4.78, 5) is 29.7. The molecule has 0 N–H and O–H groups in total. The average molecular weight is 580 g/mol. The van der Waals surface area contributed by atoms with Crippen LogP contribution in [0.2, 0.25) is 0 Å². The first-order valence-corrected chi connectivity index (χ1v) is 13.7. The number of quaternary nitrogens is 1. The molecule has 0 aromatic heterocycles. The SMILES string of the molecule is COc1cc(C(=O)N2CC[N+](CCc3ccccc3)(C(=O)c3cc(OC)c(OC)c(OC)c3)CC2)cc(OC)c1OC. The van der Waals surface area contributed by atoms with Crippen LogP contribution in [0.4, 0.5) is 0 Å². The summed E-state index contributed by atoms with van der Waals surface area (Å²) in [6.07, 6.45) is 0.706. The molecule has 0 bridgehead atoms. The first-order valence-electron chi connectivity index (χ1n) is 13.7. The molecule has 1 aliphatic heterocycles. The van der Waals surface area contributed by atoms with Gasteiger partial charge >= 0.3 is 5.91 Å². The summed E-state index contributed by atoms with van der Waals surface area (Å²) in [5.74, 6) is 2.25. The third-order valence-corrected chi connectivity index (χ3v) is 7.81. The fourth-order valence-corrected chi connectivity index (χ4v) is 5.43. The second kappa shape index (κ2) is 13.5. The summed E-state index contributed by atoms with van der Waals surface area (Å²) >= 11 is 0. The van der Waals surface area contributed by atoms with Gasteiger partial charge in [0.1, 0.15) is 13.1 Å². The maximum Gasteiger partial charge on any atom is 0.346 e. The summed E-state index contributed by atoms with van der Waals surface area (Å²) in [7, 11) is 9.13. The van der Waals surface area contributed by atoms with Crippen molar-refractivity contribution in [2.45, 2.75) is 6.42 Å². The van der Waals surface area contributed by atoms with Gasteiger partial charge in [0.05, 0.1) is 67.9 Å². The number of hydrogen-bond acceptors (Lipinski definition) is 8. The number of nitrogens with zero attached hydrogens (tertiary/aromatic N) is 2. The number of carbonyl (C=O) groups is 2. The van der Waals surface area contributed by atoms with Crippen LogP contribution in [0.5, 0.6) is 34.5 Å². The van der Waals surface area contributed by atoms with Crippen molar-refractivity contribution >= 4 is 11.8 Å². The van der Waals surface area contributed by atoms with E-state index in [1.807, 2.05) is 18.2 Å². The topological polar surface area (TPSA) is 92.8 Å². The first kappa shape index (κ1) is 30.5. The van der Waals surface area contributed by atoms with Crippen molar-refractivity contribution < 1.29 is 42.5 Å². The highest BCUT2D eigenvalue weighted by molar-refractivity contribution is 5.96. The molecule has 0 saturated carbocycles. The Morgan fingerprint density at radius 3 is 1.55 bits per heavy atom. The number of rotatable bonds is 11. The lowest BCUT2D eigenvalue weighted by Gasteiger charge is -2.43. The van der Waals surface area contributed by atoms with Crippen molar-refractivity contribution in [3.63, 3.8) is 0 Å². The molecular weight excluding hydrogens is 540 g/mol. The maximum atomic E-state index is 14.3. The van der Waals surface area contributed by atoms with Crippen LogP contribution in [-0.4, -0.2) is 96.6 Å². The predicted octanol–water partition coefficient (Wildman–Crippen LogP) is 4.09. The third-order valence-electron chi connectivity index (χ3n) is 7.81. The monoisotopic (exact) mass is 579 g/mol. The van der Waals surface area contributed by atoms with Gasteiger partial charge in [-0.3, -0.25) is 9.28 Å². The number of benzene rings is 3. The van der Waals surface area contributed by atoms with Gasteiger partial charge in [-0.2, -0.15) is 0 Å². The zero-order chi connectivity index (χ0) is 30.3. The van der Waals surface area contributed by atoms with Crippen molar-refractivity contribution in [1.82, 2.24) is 4.90 Å². The van der Waals surface area contributed by atoms with Gasteiger partial charge in [-0.15, -0.1) is 0 Å². The van der Waals surface area contributed by atoms with E-state index in [9.17, 15) is 9.59 Å². The standard InChI is InChI=1S/C32H39N2O8/c1-37-25-18-23(19-26(38-2)29(25)41-5)31(35)33-13-16-34(17-14-33,15-12-22-10-8-7-9-11-22)32(36)24-20-27(39-3)30(42-6)28(21-24)40-4/h7-11,18-21H,12-17H2,1-6H3/q+1. The van der Waals surface area contributed by atoms with Gasteiger partial charge in [0, 0.05) is 24.1 Å². The Bertz CT molecular complexity index is 1350. The number of amides is 2. The van der Waals surface area contributed by atoms with E-state index in [2.05, 4.69) is 12.1 Å². The molecule has 10 nitrogen and oxygen atoms in total. The summed E-state index contributed by atoms with van der Waals surface area (Å²) < 4.78 is 33.0. The lowest BCUT2D eigenvalue weighted by atomic mass is 10.0. The number of piperazine rings is 1. The summed E-state index contributed by atoms with van der Waals surface area (Å²) in [5.41, 5.74) is 2.02. The fraction of sp³-hybridized carbons (Fsp3) is 0.375. The van der Waals surface area contributed by atoms with Crippen molar-refractivity contribution in [2.75, 3.05) is 75.4 Å². The van der Waals surface area contributed by atoms with Gasteiger partial charge in [0.15, 0.2) is 23.0 Å². The van der Waals surface area contributed by atoms with E-state index in [1.165, 1.54) is 42.7 Å². The van der Waals surface area contributed by atoms with Crippen molar-refractivity contribution in [3.05, 3.63) is 71.3 Å². The third kappa shape index (κ3) is 6.08. The molecule has 0 aliphatic carbocycles. The van der Waals surface area contributed by atoms with E-state index in [-0.39, 0.29) is 16.3 Å². The molecule has 1 heterocycles. The summed E-state index contributed by atoms with van der Waals surface area (Å²) in [5, 5.41) is 0. The minimum Gasteiger partial charge on any atom is -0.493 e. The number of hydrogen-bond donors (Lipinski definition) is 0. The van der Waals surface area contributed by atoms with Crippen LogP contribution in [0.25, 0.3) is 0 Å². The van der Waals surface area contributed by atoms with E-state index in [0.717, 1.165) is 5.56 Å². The number of methoxy groups -OCH3 is 6. The molecule has 0 spiro atoms. The molecule has 3 aromatic carbocycles. The average Bonchev–Trinajstić information content (AvgIpc) is 3.05. The maximum absolute atomic E-state index is 14.3. The Hall–Kier alpha value is -4.44. The molecular formula is C32H39N2O8+. The zero-order valence-electron chi connectivity index (χ0n) is 25.1. The van der Waals surface area contributed by atoms with E-state index in [0.29, 0.717) is 84.8 Å². The molecule has 1 aliphatic rings. The lowest BCUT2D eigenvalue weighted by molar-refractivity contribution is -0.853. The largest absolute Gasteiger partial charge is 0.493 e. The Labute approximate surface area is 246 Å². The highest BCUT2D eigenvalue weighted by Gasteiger charge is 2.42.